The lowest BCUT2D eigenvalue weighted by molar-refractivity contribution is 0.106. The van der Waals surface area contributed by atoms with E-state index in [9.17, 15) is 0 Å². The molecule has 0 spiro atoms. The van der Waals surface area contributed by atoms with E-state index in [4.69, 9.17) is 4.65 Å². The van der Waals surface area contributed by atoms with Crippen molar-refractivity contribution in [3.8, 4) is 0 Å². The van der Waals surface area contributed by atoms with Crippen LogP contribution in [0.15, 0.2) is 72.8 Å². The van der Waals surface area contributed by atoms with Crippen molar-refractivity contribution in [3.63, 3.8) is 0 Å². The fourth-order valence-electron chi connectivity index (χ4n) is 5.69. The topological polar surface area (TPSA) is 12.5 Å². The van der Waals surface area contributed by atoms with Crippen molar-refractivity contribution in [1.29, 1.82) is 0 Å². The molecule has 0 aromatic heterocycles. The molecule has 29 heavy (non-hydrogen) atoms. The fraction of sp³-hybridized carbons (Fsp3) is 0.308. The molecular weight excluding hydrogens is 353 g/mol. The lowest BCUT2D eigenvalue weighted by atomic mass is 9.67. The molecule has 1 atom stereocenters. The minimum Gasteiger partial charge on any atom is -0.402 e. The van der Waals surface area contributed by atoms with Gasteiger partial charge >= 0.3 is 7.05 Å². The first-order valence-corrected chi connectivity index (χ1v) is 10.7. The smallest absolute Gasteiger partial charge is 0.402 e. The summed E-state index contributed by atoms with van der Waals surface area (Å²) in [6.07, 6.45) is 2.38. The summed E-state index contributed by atoms with van der Waals surface area (Å²) in [5.74, 6) is 0. The maximum atomic E-state index is 7.20. The lowest BCUT2D eigenvalue weighted by Gasteiger charge is -2.36. The van der Waals surface area contributed by atoms with Gasteiger partial charge in [-0.25, -0.2) is 0 Å². The van der Waals surface area contributed by atoms with Crippen LogP contribution < -0.4 is 5.46 Å². The van der Waals surface area contributed by atoms with Crippen molar-refractivity contribution >= 4 is 12.5 Å². The number of benzene rings is 3. The molecular formula is C26H28BNO. The highest BCUT2D eigenvalue weighted by Crippen LogP contribution is 2.49. The molecule has 2 nitrogen and oxygen atoms in total. The van der Waals surface area contributed by atoms with E-state index in [1.807, 2.05) is 0 Å². The highest BCUT2D eigenvalue weighted by Gasteiger charge is 2.59. The van der Waals surface area contributed by atoms with Crippen molar-refractivity contribution in [3.05, 3.63) is 101 Å². The molecule has 0 aliphatic carbocycles. The highest BCUT2D eigenvalue weighted by atomic mass is 16.5. The number of nitrogens with zero attached hydrogens (tertiary/aromatic N) is 1. The van der Waals surface area contributed by atoms with Crippen LogP contribution in [-0.4, -0.2) is 24.4 Å². The summed E-state index contributed by atoms with van der Waals surface area (Å²) in [5.41, 5.74) is 7.40. The van der Waals surface area contributed by atoms with E-state index in [2.05, 4.69) is 98.4 Å². The number of fused-ring (bicyclic) bond motifs is 1. The summed E-state index contributed by atoms with van der Waals surface area (Å²) in [6.45, 7) is 7.73. The Hall–Kier alpha value is -2.36. The molecule has 0 bridgehead atoms. The largest absolute Gasteiger partial charge is 0.420 e. The third-order valence-electron chi connectivity index (χ3n) is 6.75. The second-order valence-corrected chi connectivity index (χ2v) is 8.65. The van der Waals surface area contributed by atoms with E-state index in [0.717, 1.165) is 13.0 Å². The van der Waals surface area contributed by atoms with Crippen LogP contribution in [0.2, 0.25) is 0 Å². The third-order valence-corrected chi connectivity index (χ3v) is 6.75. The van der Waals surface area contributed by atoms with Gasteiger partial charge in [-0.2, -0.15) is 0 Å². The zero-order valence-corrected chi connectivity index (χ0v) is 17.6. The first-order chi connectivity index (χ1) is 14.1. The Balaban J connectivity index is 1.72. The van der Waals surface area contributed by atoms with Gasteiger partial charge < -0.3 is 9.47 Å². The van der Waals surface area contributed by atoms with Gasteiger partial charge in [0.2, 0.25) is 0 Å². The van der Waals surface area contributed by atoms with Gasteiger partial charge in [0.15, 0.2) is 0 Å². The SMILES string of the molecule is Cc1cc(C)c(B2OC(c3ccccc3)(c3ccccc3)C3CCCN23)c(C)c1. The molecule has 146 valence electrons. The maximum absolute atomic E-state index is 7.20. The molecule has 2 aliphatic heterocycles. The molecule has 2 heterocycles. The number of aryl methyl sites for hydroxylation is 3. The monoisotopic (exact) mass is 381 g/mol. The number of hydrogen-bond donors (Lipinski definition) is 0. The van der Waals surface area contributed by atoms with E-state index >= 15 is 0 Å². The van der Waals surface area contributed by atoms with Crippen molar-refractivity contribution in [2.45, 2.75) is 45.3 Å². The Labute approximate surface area is 174 Å². The van der Waals surface area contributed by atoms with E-state index in [0.29, 0.717) is 6.04 Å². The summed E-state index contributed by atoms with van der Waals surface area (Å²) in [4.78, 5) is 2.62. The van der Waals surface area contributed by atoms with Crippen LogP contribution >= 0.6 is 0 Å². The molecule has 0 N–H and O–H groups in total. The van der Waals surface area contributed by atoms with Crippen LogP contribution in [0.5, 0.6) is 0 Å². The van der Waals surface area contributed by atoms with E-state index in [-0.39, 0.29) is 7.05 Å². The average Bonchev–Trinajstić information content (AvgIpc) is 3.32. The van der Waals surface area contributed by atoms with E-state index in [1.165, 1.54) is 39.7 Å². The zero-order valence-electron chi connectivity index (χ0n) is 17.6. The Kier molecular flexibility index (Phi) is 4.61. The molecule has 3 heteroatoms. The van der Waals surface area contributed by atoms with Crippen molar-refractivity contribution < 1.29 is 4.65 Å². The molecule has 2 aliphatic rings. The van der Waals surface area contributed by atoms with Crippen LogP contribution in [0.25, 0.3) is 0 Å². The Bertz CT molecular complexity index is 955. The normalized spacial score (nSPS) is 20.8. The minimum atomic E-state index is -0.437. The summed E-state index contributed by atoms with van der Waals surface area (Å²) in [7, 11) is -0.0106. The molecule has 2 fully saturated rings. The maximum Gasteiger partial charge on any atom is 0.420 e. The highest BCUT2D eigenvalue weighted by molar-refractivity contribution is 6.66. The van der Waals surface area contributed by atoms with Crippen molar-refractivity contribution in [2.75, 3.05) is 6.54 Å². The molecule has 2 saturated heterocycles. The van der Waals surface area contributed by atoms with Crippen molar-refractivity contribution in [1.82, 2.24) is 4.81 Å². The zero-order chi connectivity index (χ0) is 20.0. The Morgan fingerprint density at radius 3 is 1.97 bits per heavy atom. The van der Waals surface area contributed by atoms with Crippen LogP contribution in [0.1, 0.15) is 40.7 Å². The van der Waals surface area contributed by atoms with Gasteiger partial charge in [0, 0.05) is 6.04 Å². The van der Waals surface area contributed by atoms with E-state index < -0.39 is 5.60 Å². The van der Waals surface area contributed by atoms with Crippen LogP contribution in [0, 0.1) is 20.8 Å². The van der Waals surface area contributed by atoms with Crippen molar-refractivity contribution in [2.24, 2.45) is 0 Å². The van der Waals surface area contributed by atoms with E-state index in [1.54, 1.807) is 0 Å². The summed E-state index contributed by atoms with van der Waals surface area (Å²) in [5, 5.41) is 0. The predicted octanol–water partition coefficient (Wildman–Crippen LogP) is 4.75. The lowest BCUT2D eigenvalue weighted by Crippen LogP contribution is -2.48. The average molecular weight is 381 g/mol. The molecule has 0 amide bonds. The quantitative estimate of drug-likeness (QED) is 0.608. The molecule has 3 aromatic carbocycles. The first-order valence-electron chi connectivity index (χ1n) is 10.7. The fourth-order valence-corrected chi connectivity index (χ4v) is 5.69. The van der Waals surface area contributed by atoms with Gasteiger partial charge in [0.1, 0.15) is 5.60 Å². The van der Waals surface area contributed by atoms with Crippen LogP contribution in [0.4, 0.5) is 0 Å². The number of rotatable bonds is 3. The first kappa shape index (κ1) is 18.7. The second-order valence-electron chi connectivity index (χ2n) is 8.65. The summed E-state index contributed by atoms with van der Waals surface area (Å²) < 4.78 is 7.20. The standard InChI is InChI=1S/C26H28BNO/c1-19-17-20(2)25(21(3)18-19)27-28-16-10-15-24(28)26(29-27,22-11-6-4-7-12-22)23-13-8-5-9-14-23/h4-9,11-14,17-18,24H,10,15-16H2,1-3H3. The van der Waals surface area contributed by atoms with Gasteiger partial charge in [0.25, 0.3) is 0 Å². The van der Waals surface area contributed by atoms with Gasteiger partial charge in [-0.15, -0.1) is 0 Å². The Morgan fingerprint density at radius 2 is 1.41 bits per heavy atom. The molecule has 0 saturated carbocycles. The van der Waals surface area contributed by atoms with Gasteiger partial charge in [-0.1, -0.05) is 89.5 Å². The molecule has 1 unspecified atom stereocenters. The minimum absolute atomic E-state index is 0.0106. The van der Waals surface area contributed by atoms with Crippen LogP contribution in [0.3, 0.4) is 0 Å². The van der Waals surface area contributed by atoms with Gasteiger partial charge in [-0.05, 0) is 56.7 Å². The molecule has 5 rings (SSSR count). The summed E-state index contributed by atoms with van der Waals surface area (Å²) >= 11 is 0. The number of hydrogen-bond acceptors (Lipinski definition) is 2. The van der Waals surface area contributed by atoms with Gasteiger partial charge in [0.05, 0.1) is 0 Å². The second kappa shape index (κ2) is 7.16. The molecule has 3 aromatic rings. The summed E-state index contributed by atoms with van der Waals surface area (Å²) in [6, 6.07) is 26.6. The predicted molar refractivity (Wildman–Crippen MR) is 121 cm³/mol. The van der Waals surface area contributed by atoms with Gasteiger partial charge in [-0.3, -0.25) is 0 Å². The third kappa shape index (κ3) is 2.87. The van der Waals surface area contributed by atoms with Crippen LogP contribution in [-0.2, 0) is 10.3 Å². The molecule has 0 radical (unpaired) electrons. The Morgan fingerprint density at radius 1 is 0.862 bits per heavy atom.